The Bertz CT molecular complexity index is 247. The highest BCUT2D eigenvalue weighted by atomic mass is 16.5. The van der Waals surface area contributed by atoms with Crippen molar-refractivity contribution in [1.82, 2.24) is 5.32 Å². The molecule has 1 rings (SSSR count). The molecule has 86 valence electrons. The van der Waals surface area contributed by atoms with Gasteiger partial charge in [0, 0.05) is 13.1 Å². The van der Waals surface area contributed by atoms with E-state index in [9.17, 15) is 4.79 Å². The number of nitrogens with two attached hydrogens (primary N) is 1. The summed E-state index contributed by atoms with van der Waals surface area (Å²) >= 11 is 0. The summed E-state index contributed by atoms with van der Waals surface area (Å²) in [5, 5.41) is 2.84. The molecule has 0 spiro atoms. The van der Waals surface area contributed by atoms with Crippen LogP contribution in [0.1, 0.15) is 19.8 Å². The zero-order chi connectivity index (χ0) is 11.3. The van der Waals surface area contributed by atoms with Crippen molar-refractivity contribution in [2.24, 2.45) is 11.1 Å². The Morgan fingerprint density at radius 2 is 2.27 bits per heavy atom. The van der Waals surface area contributed by atoms with E-state index in [1.807, 2.05) is 6.92 Å². The van der Waals surface area contributed by atoms with Gasteiger partial charge < -0.3 is 15.8 Å². The molecule has 4 heteroatoms. The summed E-state index contributed by atoms with van der Waals surface area (Å²) in [4.78, 5) is 11.6. The highest BCUT2D eigenvalue weighted by molar-refractivity contribution is 5.85. The van der Waals surface area contributed by atoms with E-state index in [0.29, 0.717) is 26.3 Å². The van der Waals surface area contributed by atoms with Gasteiger partial charge in [0.2, 0.25) is 5.91 Å². The van der Waals surface area contributed by atoms with Crippen LogP contribution in [0, 0.1) is 5.41 Å². The van der Waals surface area contributed by atoms with Gasteiger partial charge in [-0.2, -0.15) is 0 Å². The van der Waals surface area contributed by atoms with Gasteiger partial charge in [-0.1, -0.05) is 12.2 Å². The lowest BCUT2D eigenvalue weighted by atomic mass is 10.1. The topological polar surface area (TPSA) is 64.3 Å². The van der Waals surface area contributed by atoms with Crippen LogP contribution in [-0.4, -0.2) is 32.2 Å². The smallest absolute Gasteiger partial charge is 0.227 e. The van der Waals surface area contributed by atoms with E-state index in [4.69, 9.17) is 10.5 Å². The molecule has 0 radical (unpaired) electrons. The summed E-state index contributed by atoms with van der Waals surface area (Å²) in [5.74, 6) is 0.0731. The zero-order valence-electron chi connectivity index (χ0n) is 9.34. The Balaban J connectivity index is 2.05. The summed E-state index contributed by atoms with van der Waals surface area (Å²) in [6.45, 7) is 7.71. The number of hydrogen-bond donors (Lipinski definition) is 2. The quantitative estimate of drug-likeness (QED) is 0.475. The van der Waals surface area contributed by atoms with E-state index >= 15 is 0 Å². The molecular formula is C11H20N2O2. The van der Waals surface area contributed by atoms with Crippen LogP contribution in [0.5, 0.6) is 0 Å². The van der Waals surface area contributed by atoms with Gasteiger partial charge in [0.15, 0.2) is 0 Å². The summed E-state index contributed by atoms with van der Waals surface area (Å²) in [6.07, 6.45) is 1.84. The summed E-state index contributed by atoms with van der Waals surface area (Å²) in [5.41, 5.74) is 6.27. The molecule has 0 atom stereocenters. The second kappa shape index (κ2) is 5.28. The van der Waals surface area contributed by atoms with E-state index < -0.39 is 0 Å². The fourth-order valence-electron chi connectivity index (χ4n) is 1.35. The van der Waals surface area contributed by atoms with Crippen molar-refractivity contribution < 1.29 is 9.53 Å². The lowest BCUT2D eigenvalue weighted by Crippen LogP contribution is -2.38. The van der Waals surface area contributed by atoms with E-state index in [0.717, 1.165) is 18.4 Å². The molecule has 0 saturated heterocycles. The number of ether oxygens (including phenoxy) is 1. The standard InChI is InChI=1S/C11H20N2O2/c1-9(2)7-15-6-5-13-10(14)11(8-12)3-4-11/h1,3-8,12H2,2H3,(H,13,14). The molecule has 0 heterocycles. The van der Waals surface area contributed by atoms with Crippen LogP contribution < -0.4 is 11.1 Å². The predicted octanol–water partition coefficient (Wildman–Crippen LogP) is 0.434. The fraction of sp³-hybridized carbons (Fsp3) is 0.727. The fourth-order valence-corrected chi connectivity index (χ4v) is 1.35. The van der Waals surface area contributed by atoms with Crippen LogP contribution in [0.4, 0.5) is 0 Å². The molecule has 0 aromatic rings. The van der Waals surface area contributed by atoms with E-state index in [1.165, 1.54) is 0 Å². The van der Waals surface area contributed by atoms with Gasteiger partial charge in [0.05, 0.1) is 18.6 Å². The van der Waals surface area contributed by atoms with Gasteiger partial charge in [0.1, 0.15) is 0 Å². The largest absolute Gasteiger partial charge is 0.375 e. The van der Waals surface area contributed by atoms with E-state index in [-0.39, 0.29) is 11.3 Å². The third-order valence-corrected chi connectivity index (χ3v) is 2.61. The molecule has 0 aliphatic heterocycles. The van der Waals surface area contributed by atoms with Crippen LogP contribution in [0.3, 0.4) is 0 Å². The van der Waals surface area contributed by atoms with Crippen molar-refractivity contribution in [1.29, 1.82) is 0 Å². The van der Waals surface area contributed by atoms with Crippen LogP contribution >= 0.6 is 0 Å². The van der Waals surface area contributed by atoms with Gasteiger partial charge in [-0.3, -0.25) is 4.79 Å². The number of hydrogen-bond acceptors (Lipinski definition) is 3. The van der Waals surface area contributed by atoms with Crippen LogP contribution in [0.15, 0.2) is 12.2 Å². The Kier molecular flexibility index (Phi) is 4.29. The van der Waals surface area contributed by atoms with Crippen molar-refractivity contribution >= 4 is 5.91 Å². The minimum atomic E-state index is -0.256. The van der Waals surface area contributed by atoms with E-state index in [2.05, 4.69) is 11.9 Å². The number of carbonyl (C=O) groups is 1. The maximum atomic E-state index is 11.6. The normalized spacial score (nSPS) is 17.2. The first-order chi connectivity index (χ1) is 7.10. The number of carbonyl (C=O) groups excluding carboxylic acids is 1. The first kappa shape index (κ1) is 12.2. The molecular weight excluding hydrogens is 192 g/mol. The van der Waals surface area contributed by atoms with Gasteiger partial charge in [-0.25, -0.2) is 0 Å². The van der Waals surface area contributed by atoms with Gasteiger partial charge in [0.25, 0.3) is 0 Å². The van der Waals surface area contributed by atoms with Gasteiger partial charge >= 0.3 is 0 Å². The monoisotopic (exact) mass is 212 g/mol. The van der Waals surface area contributed by atoms with Crippen molar-refractivity contribution in [3.63, 3.8) is 0 Å². The minimum absolute atomic E-state index is 0.0731. The average Bonchev–Trinajstić information content (AvgIpc) is 2.97. The second-order valence-corrected chi connectivity index (χ2v) is 4.25. The molecule has 0 unspecified atom stereocenters. The molecule has 1 aliphatic carbocycles. The SMILES string of the molecule is C=C(C)COCCNC(=O)C1(CN)CC1. The van der Waals surface area contributed by atoms with Crippen LogP contribution in [-0.2, 0) is 9.53 Å². The summed E-state index contributed by atoms with van der Waals surface area (Å²) in [7, 11) is 0. The zero-order valence-corrected chi connectivity index (χ0v) is 9.34. The lowest BCUT2D eigenvalue weighted by Gasteiger charge is -2.12. The molecule has 0 aromatic heterocycles. The molecule has 1 aliphatic rings. The predicted molar refractivity (Wildman–Crippen MR) is 59.4 cm³/mol. The van der Waals surface area contributed by atoms with Crippen molar-refractivity contribution in [3.05, 3.63) is 12.2 Å². The molecule has 15 heavy (non-hydrogen) atoms. The number of amides is 1. The highest BCUT2D eigenvalue weighted by Crippen LogP contribution is 2.44. The Morgan fingerprint density at radius 1 is 1.60 bits per heavy atom. The van der Waals surface area contributed by atoms with Crippen molar-refractivity contribution in [3.8, 4) is 0 Å². The first-order valence-electron chi connectivity index (χ1n) is 5.31. The van der Waals surface area contributed by atoms with E-state index in [1.54, 1.807) is 0 Å². The van der Waals surface area contributed by atoms with Gasteiger partial charge in [-0.05, 0) is 19.8 Å². The average molecular weight is 212 g/mol. The Labute approximate surface area is 90.9 Å². The Hall–Kier alpha value is -0.870. The molecule has 0 aromatic carbocycles. The summed E-state index contributed by atoms with van der Waals surface area (Å²) in [6, 6.07) is 0. The first-order valence-corrected chi connectivity index (χ1v) is 5.31. The molecule has 3 N–H and O–H groups in total. The summed E-state index contributed by atoms with van der Waals surface area (Å²) < 4.78 is 5.27. The van der Waals surface area contributed by atoms with Crippen LogP contribution in [0.2, 0.25) is 0 Å². The second-order valence-electron chi connectivity index (χ2n) is 4.25. The van der Waals surface area contributed by atoms with Crippen molar-refractivity contribution in [2.75, 3.05) is 26.3 Å². The van der Waals surface area contributed by atoms with Crippen molar-refractivity contribution in [2.45, 2.75) is 19.8 Å². The lowest BCUT2D eigenvalue weighted by molar-refractivity contribution is -0.126. The number of rotatable bonds is 7. The maximum absolute atomic E-state index is 11.6. The Morgan fingerprint density at radius 3 is 2.73 bits per heavy atom. The number of nitrogens with one attached hydrogen (secondary N) is 1. The minimum Gasteiger partial charge on any atom is -0.375 e. The third-order valence-electron chi connectivity index (χ3n) is 2.61. The van der Waals surface area contributed by atoms with Gasteiger partial charge in [-0.15, -0.1) is 0 Å². The molecule has 0 bridgehead atoms. The molecule has 1 amide bonds. The molecule has 4 nitrogen and oxygen atoms in total. The maximum Gasteiger partial charge on any atom is 0.227 e. The highest BCUT2D eigenvalue weighted by Gasteiger charge is 2.48. The third kappa shape index (κ3) is 3.64. The van der Waals surface area contributed by atoms with Crippen LogP contribution in [0.25, 0.3) is 0 Å². The molecule has 1 fully saturated rings. The molecule has 1 saturated carbocycles.